The van der Waals surface area contributed by atoms with Crippen LogP contribution in [0.3, 0.4) is 0 Å². The summed E-state index contributed by atoms with van der Waals surface area (Å²) in [7, 11) is 3.55. The molecule has 1 unspecified atom stereocenters. The lowest BCUT2D eigenvalue weighted by Crippen LogP contribution is -2.57. The van der Waals surface area contributed by atoms with Gasteiger partial charge >= 0.3 is 0 Å². The lowest BCUT2D eigenvalue weighted by atomic mass is 10.1. The first-order chi connectivity index (χ1) is 15.1. The standard InChI is InChI=1S/C24H39N5O2/c1-20(23(30)28-14-6-7-15-28)27-16-18-29(19-17-27)24(25-2)26-13-5-4-8-21-9-11-22(31-3)12-10-21/h9-12,20H,4-8,13-19H2,1-3H3,(H,25,26). The van der Waals surface area contributed by atoms with Crippen molar-refractivity contribution in [1.29, 1.82) is 0 Å². The van der Waals surface area contributed by atoms with Gasteiger partial charge in [0, 0.05) is 52.9 Å². The molecule has 0 bridgehead atoms. The van der Waals surface area contributed by atoms with Crippen LogP contribution in [0.2, 0.25) is 0 Å². The molecule has 2 saturated heterocycles. The zero-order valence-corrected chi connectivity index (χ0v) is 19.5. The maximum atomic E-state index is 12.7. The molecule has 2 fully saturated rings. The zero-order valence-electron chi connectivity index (χ0n) is 19.5. The van der Waals surface area contributed by atoms with Crippen LogP contribution in [0.15, 0.2) is 29.3 Å². The van der Waals surface area contributed by atoms with Crippen LogP contribution in [0.5, 0.6) is 5.75 Å². The van der Waals surface area contributed by atoms with Crippen LogP contribution in [0.4, 0.5) is 0 Å². The number of likely N-dealkylation sites (tertiary alicyclic amines) is 1. The second-order valence-corrected chi connectivity index (χ2v) is 8.51. The van der Waals surface area contributed by atoms with E-state index in [0.29, 0.717) is 5.91 Å². The Morgan fingerprint density at radius 3 is 2.32 bits per heavy atom. The largest absolute Gasteiger partial charge is 0.497 e. The molecule has 7 nitrogen and oxygen atoms in total. The van der Waals surface area contributed by atoms with Gasteiger partial charge in [-0.3, -0.25) is 14.7 Å². The Balaban J connectivity index is 1.34. The van der Waals surface area contributed by atoms with Crippen molar-refractivity contribution in [3.05, 3.63) is 29.8 Å². The number of guanidine groups is 1. The minimum Gasteiger partial charge on any atom is -0.497 e. The molecule has 0 spiro atoms. The van der Waals surface area contributed by atoms with Gasteiger partial charge in [0.15, 0.2) is 5.96 Å². The second-order valence-electron chi connectivity index (χ2n) is 8.51. The number of methoxy groups -OCH3 is 1. The molecule has 1 amide bonds. The molecule has 2 heterocycles. The van der Waals surface area contributed by atoms with Crippen molar-refractivity contribution in [2.75, 3.05) is 60.0 Å². The third kappa shape index (κ3) is 6.60. The first-order valence-corrected chi connectivity index (χ1v) is 11.7. The maximum Gasteiger partial charge on any atom is 0.239 e. The molecule has 0 aromatic heterocycles. The van der Waals surface area contributed by atoms with Gasteiger partial charge in [0.05, 0.1) is 13.2 Å². The van der Waals surface area contributed by atoms with Crippen LogP contribution >= 0.6 is 0 Å². The van der Waals surface area contributed by atoms with E-state index in [2.05, 4.69) is 39.2 Å². The quantitative estimate of drug-likeness (QED) is 0.390. The minimum atomic E-state index is -0.0202. The average molecular weight is 430 g/mol. The molecule has 0 radical (unpaired) electrons. The lowest BCUT2D eigenvalue weighted by Gasteiger charge is -2.39. The summed E-state index contributed by atoms with van der Waals surface area (Å²) >= 11 is 0. The fourth-order valence-corrected chi connectivity index (χ4v) is 4.46. The van der Waals surface area contributed by atoms with Gasteiger partial charge in [-0.1, -0.05) is 12.1 Å². The average Bonchev–Trinajstić information content (AvgIpc) is 3.36. The Bertz CT molecular complexity index is 707. The van der Waals surface area contributed by atoms with Crippen LogP contribution < -0.4 is 10.1 Å². The van der Waals surface area contributed by atoms with Crippen molar-refractivity contribution in [1.82, 2.24) is 20.0 Å². The predicted octanol–water partition coefficient (Wildman–Crippen LogP) is 2.22. The van der Waals surface area contributed by atoms with Crippen molar-refractivity contribution < 1.29 is 9.53 Å². The minimum absolute atomic E-state index is 0.0202. The Morgan fingerprint density at radius 1 is 1.03 bits per heavy atom. The van der Waals surface area contributed by atoms with Gasteiger partial charge in [0.1, 0.15) is 5.75 Å². The van der Waals surface area contributed by atoms with E-state index in [1.807, 2.05) is 24.1 Å². The number of aryl methyl sites for hydroxylation is 1. The van der Waals surface area contributed by atoms with Gasteiger partial charge < -0.3 is 19.9 Å². The smallest absolute Gasteiger partial charge is 0.239 e. The Kier molecular flexibility index (Phi) is 9.00. The molecule has 0 aliphatic carbocycles. The molecular weight excluding hydrogens is 390 g/mol. The molecule has 0 saturated carbocycles. The van der Waals surface area contributed by atoms with Gasteiger partial charge in [-0.05, 0) is 56.7 Å². The number of benzene rings is 1. The summed E-state index contributed by atoms with van der Waals surface area (Å²) in [5.74, 6) is 2.18. The number of carbonyl (C=O) groups excluding carboxylic acids is 1. The molecule has 3 rings (SSSR count). The topological polar surface area (TPSA) is 60.4 Å². The van der Waals surface area contributed by atoms with Gasteiger partial charge in [0.2, 0.25) is 5.91 Å². The van der Waals surface area contributed by atoms with Crippen molar-refractivity contribution in [2.24, 2.45) is 4.99 Å². The molecule has 31 heavy (non-hydrogen) atoms. The predicted molar refractivity (Wildman–Crippen MR) is 126 cm³/mol. The lowest BCUT2D eigenvalue weighted by molar-refractivity contribution is -0.135. The van der Waals surface area contributed by atoms with Crippen LogP contribution in [-0.4, -0.2) is 92.6 Å². The first kappa shape index (κ1) is 23.4. The summed E-state index contributed by atoms with van der Waals surface area (Å²) < 4.78 is 5.21. The van der Waals surface area contributed by atoms with E-state index in [1.54, 1.807) is 7.11 Å². The van der Waals surface area contributed by atoms with Crippen LogP contribution in [-0.2, 0) is 11.2 Å². The number of rotatable bonds is 8. The third-order valence-corrected chi connectivity index (χ3v) is 6.48. The number of nitrogens with zero attached hydrogens (tertiary/aromatic N) is 4. The monoisotopic (exact) mass is 429 g/mol. The van der Waals surface area contributed by atoms with Crippen molar-refractivity contribution in [3.8, 4) is 5.75 Å². The summed E-state index contributed by atoms with van der Waals surface area (Å²) in [6.45, 7) is 8.46. The molecule has 2 aliphatic rings. The third-order valence-electron chi connectivity index (χ3n) is 6.48. The molecule has 1 atom stereocenters. The van der Waals surface area contributed by atoms with E-state index in [9.17, 15) is 4.79 Å². The van der Waals surface area contributed by atoms with Crippen LogP contribution in [0.1, 0.15) is 38.2 Å². The van der Waals surface area contributed by atoms with Gasteiger partial charge in [0.25, 0.3) is 0 Å². The summed E-state index contributed by atoms with van der Waals surface area (Å²) in [5.41, 5.74) is 1.35. The Hall–Kier alpha value is -2.28. The summed E-state index contributed by atoms with van der Waals surface area (Å²) in [6, 6.07) is 8.30. The molecule has 2 aliphatic heterocycles. The Labute approximate surface area is 187 Å². The maximum absolute atomic E-state index is 12.7. The highest BCUT2D eigenvalue weighted by Crippen LogP contribution is 2.15. The van der Waals surface area contributed by atoms with Crippen molar-refractivity contribution in [2.45, 2.75) is 45.1 Å². The second kappa shape index (κ2) is 11.9. The fraction of sp³-hybridized carbons (Fsp3) is 0.667. The molecule has 1 aromatic rings. The van der Waals surface area contributed by atoms with E-state index < -0.39 is 0 Å². The number of carbonyl (C=O) groups is 1. The Morgan fingerprint density at radius 2 is 1.71 bits per heavy atom. The van der Waals surface area contributed by atoms with Crippen molar-refractivity contribution >= 4 is 11.9 Å². The van der Waals surface area contributed by atoms with E-state index in [4.69, 9.17) is 4.74 Å². The number of hydrogen-bond acceptors (Lipinski definition) is 4. The number of unbranched alkanes of at least 4 members (excludes halogenated alkanes) is 1. The summed E-state index contributed by atoms with van der Waals surface area (Å²) in [6.07, 6.45) is 5.61. The highest BCUT2D eigenvalue weighted by Gasteiger charge is 2.30. The van der Waals surface area contributed by atoms with Gasteiger partial charge in [-0.2, -0.15) is 0 Å². The number of aliphatic imine (C=N–C) groups is 1. The summed E-state index contributed by atoms with van der Waals surface area (Å²) in [5, 5.41) is 3.52. The van der Waals surface area contributed by atoms with E-state index in [-0.39, 0.29) is 6.04 Å². The number of nitrogens with one attached hydrogen (secondary N) is 1. The number of ether oxygens (including phenoxy) is 1. The van der Waals surface area contributed by atoms with E-state index in [0.717, 1.165) is 89.6 Å². The fourth-order valence-electron chi connectivity index (χ4n) is 4.46. The zero-order chi connectivity index (χ0) is 22.1. The normalized spacial score (nSPS) is 18.9. The molecule has 1 aromatic carbocycles. The van der Waals surface area contributed by atoms with Crippen LogP contribution in [0.25, 0.3) is 0 Å². The number of hydrogen-bond donors (Lipinski definition) is 1. The molecule has 7 heteroatoms. The highest BCUT2D eigenvalue weighted by molar-refractivity contribution is 5.82. The van der Waals surface area contributed by atoms with Crippen LogP contribution in [0, 0.1) is 0 Å². The number of amides is 1. The number of piperazine rings is 1. The SMILES string of the molecule is CN=C(NCCCCc1ccc(OC)cc1)N1CCN(C(C)C(=O)N2CCCC2)CC1. The summed E-state index contributed by atoms with van der Waals surface area (Å²) in [4.78, 5) is 23.8. The first-order valence-electron chi connectivity index (χ1n) is 11.7. The molecule has 172 valence electrons. The van der Waals surface area contributed by atoms with E-state index in [1.165, 1.54) is 5.56 Å². The molecule has 1 N–H and O–H groups in total. The molecular formula is C24H39N5O2. The van der Waals surface area contributed by atoms with E-state index >= 15 is 0 Å². The van der Waals surface area contributed by atoms with Crippen molar-refractivity contribution in [3.63, 3.8) is 0 Å². The van der Waals surface area contributed by atoms with Gasteiger partial charge in [-0.25, -0.2) is 0 Å². The van der Waals surface area contributed by atoms with Gasteiger partial charge in [-0.15, -0.1) is 0 Å². The highest BCUT2D eigenvalue weighted by atomic mass is 16.5.